The summed E-state index contributed by atoms with van der Waals surface area (Å²) < 4.78 is 0. The van der Waals surface area contributed by atoms with Crippen LogP contribution in [-0.2, 0) is 4.79 Å². The summed E-state index contributed by atoms with van der Waals surface area (Å²) in [5.41, 5.74) is 0.936. The molecule has 74 valence electrons. The van der Waals surface area contributed by atoms with Crippen molar-refractivity contribution < 1.29 is 4.79 Å². The molecule has 0 saturated heterocycles. The van der Waals surface area contributed by atoms with Crippen molar-refractivity contribution in [2.24, 2.45) is 0 Å². The second-order valence-corrected chi connectivity index (χ2v) is 3.69. The normalized spacial score (nSPS) is 11.7. The molecule has 0 amide bonds. The summed E-state index contributed by atoms with van der Waals surface area (Å²) >= 11 is 5.64. The Labute approximate surface area is 93.0 Å². The fraction of sp³-hybridized carbons (Fsp3) is 0. The van der Waals surface area contributed by atoms with Crippen LogP contribution in [0.5, 0.6) is 0 Å². The molecule has 0 saturated carbocycles. The summed E-state index contributed by atoms with van der Waals surface area (Å²) in [5.74, 6) is 0. The summed E-state index contributed by atoms with van der Waals surface area (Å²) in [6, 6.07) is 14.0. The van der Waals surface area contributed by atoms with E-state index in [1.54, 1.807) is 6.08 Å². The quantitative estimate of drug-likeness (QED) is 0.554. The van der Waals surface area contributed by atoms with Gasteiger partial charge in [0.15, 0.2) is 6.29 Å². The number of carbonyl (C=O) groups excluding carboxylic acids is 1. The van der Waals surface area contributed by atoms with E-state index in [-0.39, 0.29) is 5.03 Å². The SMILES string of the molecule is O=C/C(Cl)=C/c1ccc2ccccc2c1. The molecular formula is C13H9ClO. The smallest absolute Gasteiger partial charge is 0.161 e. The van der Waals surface area contributed by atoms with Crippen LogP contribution in [0.4, 0.5) is 0 Å². The molecule has 0 fully saturated rings. The molecule has 0 bridgehead atoms. The molecule has 0 N–H and O–H groups in total. The van der Waals surface area contributed by atoms with Crippen LogP contribution in [0.15, 0.2) is 47.5 Å². The van der Waals surface area contributed by atoms with Gasteiger partial charge in [0.05, 0.1) is 5.03 Å². The highest BCUT2D eigenvalue weighted by Gasteiger charge is 1.94. The van der Waals surface area contributed by atoms with Gasteiger partial charge in [0, 0.05) is 0 Å². The summed E-state index contributed by atoms with van der Waals surface area (Å²) in [6.45, 7) is 0. The molecule has 0 unspecified atom stereocenters. The predicted octanol–water partition coefficient (Wildman–Crippen LogP) is 3.62. The van der Waals surface area contributed by atoms with Gasteiger partial charge in [-0.05, 0) is 28.5 Å². The Balaban J connectivity index is 2.52. The molecular weight excluding hydrogens is 208 g/mol. The number of rotatable bonds is 2. The molecule has 0 aliphatic rings. The van der Waals surface area contributed by atoms with E-state index in [2.05, 4.69) is 0 Å². The molecule has 2 heteroatoms. The first kappa shape index (κ1) is 9.94. The summed E-state index contributed by atoms with van der Waals surface area (Å²) in [4.78, 5) is 10.4. The van der Waals surface area contributed by atoms with E-state index < -0.39 is 0 Å². The first-order chi connectivity index (χ1) is 7.29. The molecule has 0 atom stereocenters. The number of allylic oxidation sites excluding steroid dienone is 1. The van der Waals surface area contributed by atoms with Crippen molar-refractivity contribution in [3.8, 4) is 0 Å². The number of carbonyl (C=O) groups is 1. The molecule has 0 spiro atoms. The van der Waals surface area contributed by atoms with E-state index in [4.69, 9.17) is 11.6 Å². The minimum absolute atomic E-state index is 0.213. The zero-order chi connectivity index (χ0) is 10.7. The van der Waals surface area contributed by atoms with Gasteiger partial charge in [-0.2, -0.15) is 0 Å². The summed E-state index contributed by atoms with van der Waals surface area (Å²) in [7, 11) is 0. The molecule has 0 aromatic heterocycles. The minimum atomic E-state index is 0.213. The zero-order valence-electron chi connectivity index (χ0n) is 7.98. The molecule has 0 heterocycles. The van der Waals surface area contributed by atoms with Crippen LogP contribution < -0.4 is 0 Å². The van der Waals surface area contributed by atoms with Crippen LogP contribution in [0.3, 0.4) is 0 Å². The monoisotopic (exact) mass is 216 g/mol. The van der Waals surface area contributed by atoms with Crippen molar-refractivity contribution >= 4 is 34.7 Å². The van der Waals surface area contributed by atoms with Crippen LogP contribution >= 0.6 is 11.6 Å². The van der Waals surface area contributed by atoms with E-state index in [9.17, 15) is 4.79 Å². The molecule has 0 aliphatic carbocycles. The Hall–Kier alpha value is -1.60. The first-order valence-electron chi connectivity index (χ1n) is 4.61. The summed E-state index contributed by atoms with van der Waals surface area (Å²) in [6.07, 6.45) is 2.29. The van der Waals surface area contributed by atoms with Gasteiger partial charge >= 0.3 is 0 Å². The highest BCUT2D eigenvalue weighted by atomic mass is 35.5. The third kappa shape index (κ3) is 2.25. The fourth-order valence-corrected chi connectivity index (χ4v) is 1.62. The van der Waals surface area contributed by atoms with E-state index in [1.165, 1.54) is 5.39 Å². The highest BCUT2D eigenvalue weighted by Crippen LogP contribution is 2.17. The lowest BCUT2D eigenvalue weighted by molar-refractivity contribution is -0.104. The van der Waals surface area contributed by atoms with E-state index in [0.29, 0.717) is 6.29 Å². The van der Waals surface area contributed by atoms with E-state index >= 15 is 0 Å². The minimum Gasteiger partial charge on any atom is -0.297 e. The number of benzene rings is 2. The Morgan fingerprint density at radius 1 is 1.07 bits per heavy atom. The van der Waals surface area contributed by atoms with Gasteiger partial charge in [-0.3, -0.25) is 4.79 Å². The van der Waals surface area contributed by atoms with Crippen molar-refractivity contribution in [2.75, 3.05) is 0 Å². The average molecular weight is 217 g/mol. The van der Waals surface area contributed by atoms with Gasteiger partial charge in [0.25, 0.3) is 0 Å². The van der Waals surface area contributed by atoms with Crippen LogP contribution in [0.2, 0.25) is 0 Å². The van der Waals surface area contributed by atoms with Crippen LogP contribution in [-0.4, -0.2) is 6.29 Å². The van der Waals surface area contributed by atoms with Crippen LogP contribution in [0.25, 0.3) is 16.8 Å². The topological polar surface area (TPSA) is 17.1 Å². The number of halogens is 1. The first-order valence-corrected chi connectivity index (χ1v) is 4.98. The molecule has 0 radical (unpaired) electrons. The molecule has 2 aromatic carbocycles. The van der Waals surface area contributed by atoms with Crippen LogP contribution in [0.1, 0.15) is 5.56 Å². The van der Waals surface area contributed by atoms with Gasteiger partial charge < -0.3 is 0 Å². The lowest BCUT2D eigenvalue weighted by Crippen LogP contribution is -1.77. The number of hydrogen-bond acceptors (Lipinski definition) is 1. The van der Waals surface area contributed by atoms with Gasteiger partial charge in [-0.1, -0.05) is 48.0 Å². The van der Waals surface area contributed by atoms with Crippen LogP contribution in [0, 0.1) is 0 Å². The fourth-order valence-electron chi connectivity index (χ4n) is 1.49. The maximum Gasteiger partial charge on any atom is 0.161 e. The number of fused-ring (bicyclic) bond motifs is 1. The number of aldehydes is 1. The van der Waals surface area contributed by atoms with Gasteiger partial charge in [0.2, 0.25) is 0 Å². The summed E-state index contributed by atoms with van der Waals surface area (Å²) in [5, 5.41) is 2.53. The molecule has 2 aromatic rings. The maximum absolute atomic E-state index is 10.4. The van der Waals surface area contributed by atoms with Crippen molar-refractivity contribution in [1.82, 2.24) is 0 Å². The highest BCUT2D eigenvalue weighted by molar-refractivity contribution is 6.40. The van der Waals surface area contributed by atoms with Crippen molar-refractivity contribution in [3.63, 3.8) is 0 Å². The van der Waals surface area contributed by atoms with Crippen molar-refractivity contribution in [3.05, 3.63) is 53.1 Å². The molecule has 2 rings (SSSR count). The Morgan fingerprint density at radius 3 is 2.53 bits per heavy atom. The zero-order valence-corrected chi connectivity index (χ0v) is 8.74. The second-order valence-electron chi connectivity index (χ2n) is 3.25. The molecule has 0 aliphatic heterocycles. The standard InChI is InChI=1S/C13H9ClO/c14-13(9-15)8-10-5-6-11-3-1-2-4-12(11)7-10/h1-9H/b13-8-. The Bertz CT molecular complexity index is 529. The maximum atomic E-state index is 10.4. The molecule has 1 nitrogen and oxygen atoms in total. The predicted molar refractivity (Wildman–Crippen MR) is 63.8 cm³/mol. The number of hydrogen-bond donors (Lipinski definition) is 0. The van der Waals surface area contributed by atoms with E-state index in [0.717, 1.165) is 10.9 Å². The third-order valence-electron chi connectivity index (χ3n) is 2.19. The largest absolute Gasteiger partial charge is 0.297 e. The van der Waals surface area contributed by atoms with Crippen molar-refractivity contribution in [2.45, 2.75) is 0 Å². The Kier molecular flexibility index (Phi) is 2.84. The van der Waals surface area contributed by atoms with Gasteiger partial charge in [-0.15, -0.1) is 0 Å². The lowest BCUT2D eigenvalue weighted by Gasteiger charge is -1.98. The van der Waals surface area contributed by atoms with Gasteiger partial charge in [0.1, 0.15) is 0 Å². The lowest BCUT2D eigenvalue weighted by atomic mass is 10.1. The second kappa shape index (κ2) is 4.28. The average Bonchev–Trinajstić information content (AvgIpc) is 2.29. The van der Waals surface area contributed by atoms with Crippen molar-refractivity contribution in [1.29, 1.82) is 0 Å². The third-order valence-corrected chi connectivity index (χ3v) is 2.39. The van der Waals surface area contributed by atoms with Gasteiger partial charge in [-0.25, -0.2) is 0 Å². The van der Waals surface area contributed by atoms with E-state index in [1.807, 2.05) is 42.5 Å². The molecule has 15 heavy (non-hydrogen) atoms. The Morgan fingerprint density at radius 2 is 1.80 bits per heavy atom.